The molecule has 0 aliphatic rings. The van der Waals surface area contributed by atoms with Crippen LogP contribution in [0.3, 0.4) is 0 Å². The van der Waals surface area contributed by atoms with Crippen LogP contribution in [0.4, 0.5) is 0 Å². The quantitative estimate of drug-likeness (QED) is 0.429. The molecule has 0 aliphatic carbocycles. The SMILES string of the molecule is CCN(CC)S(=O)(=O)c1ccc2[nH]c(=O)cc(C(=O)N(CCC(=O)OC)Cc3ccccc3)c2c1. The van der Waals surface area contributed by atoms with Gasteiger partial charge in [-0.05, 0) is 23.8 Å². The van der Waals surface area contributed by atoms with Crippen molar-refractivity contribution in [1.82, 2.24) is 14.2 Å². The number of carbonyl (C=O) groups is 2. The second-order valence-electron chi connectivity index (χ2n) is 7.88. The number of amides is 1. The number of pyridine rings is 1. The van der Waals surface area contributed by atoms with E-state index in [0.717, 1.165) is 11.6 Å². The van der Waals surface area contributed by atoms with Gasteiger partial charge >= 0.3 is 5.97 Å². The number of rotatable bonds is 10. The van der Waals surface area contributed by atoms with E-state index >= 15 is 0 Å². The van der Waals surface area contributed by atoms with Crippen LogP contribution in [0.15, 0.2) is 64.3 Å². The van der Waals surface area contributed by atoms with Gasteiger partial charge in [0.2, 0.25) is 15.6 Å². The molecule has 9 nitrogen and oxygen atoms in total. The lowest BCUT2D eigenvalue weighted by Gasteiger charge is -2.23. The maximum Gasteiger partial charge on any atom is 0.307 e. The largest absolute Gasteiger partial charge is 0.469 e. The molecule has 0 bridgehead atoms. The summed E-state index contributed by atoms with van der Waals surface area (Å²) in [5, 5.41) is 0.305. The van der Waals surface area contributed by atoms with Gasteiger partial charge in [0.05, 0.1) is 24.0 Å². The van der Waals surface area contributed by atoms with Crippen molar-refractivity contribution in [3.8, 4) is 0 Å². The highest BCUT2D eigenvalue weighted by atomic mass is 32.2. The molecule has 0 aliphatic heterocycles. The Morgan fingerprint density at radius 1 is 1.00 bits per heavy atom. The van der Waals surface area contributed by atoms with E-state index < -0.39 is 27.5 Å². The lowest BCUT2D eigenvalue weighted by atomic mass is 10.1. The van der Waals surface area contributed by atoms with Crippen LogP contribution in [0.25, 0.3) is 10.9 Å². The topological polar surface area (TPSA) is 117 Å². The van der Waals surface area contributed by atoms with Crippen molar-refractivity contribution in [2.24, 2.45) is 0 Å². The van der Waals surface area contributed by atoms with Crippen molar-refractivity contribution in [2.75, 3.05) is 26.7 Å². The number of sulfonamides is 1. The number of ether oxygens (including phenoxy) is 1. The fourth-order valence-electron chi connectivity index (χ4n) is 3.84. The third-order valence-electron chi connectivity index (χ3n) is 5.71. The van der Waals surface area contributed by atoms with Crippen molar-refractivity contribution >= 4 is 32.8 Å². The molecule has 10 heteroatoms. The molecule has 0 fully saturated rings. The van der Waals surface area contributed by atoms with Crippen LogP contribution in [0, 0.1) is 0 Å². The molecule has 3 aromatic rings. The molecule has 0 spiro atoms. The molecule has 1 aromatic heterocycles. The summed E-state index contributed by atoms with van der Waals surface area (Å²) in [5.74, 6) is -0.967. The molecule has 0 radical (unpaired) electrons. The highest BCUT2D eigenvalue weighted by Crippen LogP contribution is 2.24. The summed E-state index contributed by atoms with van der Waals surface area (Å²) >= 11 is 0. The van der Waals surface area contributed by atoms with E-state index in [1.807, 2.05) is 30.3 Å². The van der Waals surface area contributed by atoms with E-state index in [2.05, 4.69) is 4.98 Å². The van der Waals surface area contributed by atoms with Crippen molar-refractivity contribution < 1.29 is 22.7 Å². The van der Waals surface area contributed by atoms with E-state index in [1.165, 1.54) is 34.5 Å². The number of esters is 1. The first-order valence-corrected chi connectivity index (χ1v) is 12.7. The molecule has 2 aromatic carbocycles. The smallest absolute Gasteiger partial charge is 0.307 e. The van der Waals surface area contributed by atoms with Crippen LogP contribution in [-0.2, 0) is 26.1 Å². The first-order valence-electron chi connectivity index (χ1n) is 11.3. The van der Waals surface area contributed by atoms with Crippen molar-refractivity contribution in [3.63, 3.8) is 0 Å². The van der Waals surface area contributed by atoms with Gasteiger partial charge in [-0.1, -0.05) is 44.2 Å². The lowest BCUT2D eigenvalue weighted by Crippen LogP contribution is -2.34. The Bertz CT molecular complexity index is 1360. The van der Waals surface area contributed by atoms with Crippen molar-refractivity contribution in [2.45, 2.75) is 31.7 Å². The van der Waals surface area contributed by atoms with Gasteiger partial charge in [0, 0.05) is 43.1 Å². The zero-order valence-corrected chi connectivity index (χ0v) is 20.8. The predicted molar refractivity (Wildman–Crippen MR) is 132 cm³/mol. The standard InChI is InChI=1S/C25H29N3O6S/c1-4-28(5-2)35(32,33)19-11-12-22-20(15-19)21(16-23(29)26-22)25(31)27(14-13-24(30)34-3)17-18-9-7-6-8-10-18/h6-12,15-16H,4-5,13-14,17H2,1-3H3,(H,26,29). The third kappa shape index (κ3) is 5.95. The van der Waals surface area contributed by atoms with Crippen LogP contribution in [0.5, 0.6) is 0 Å². The Labute approximate surface area is 204 Å². The zero-order chi connectivity index (χ0) is 25.6. The summed E-state index contributed by atoms with van der Waals surface area (Å²) in [4.78, 5) is 42.0. The average Bonchev–Trinajstić information content (AvgIpc) is 2.86. The number of fused-ring (bicyclic) bond motifs is 1. The van der Waals surface area contributed by atoms with Crippen LogP contribution in [0.1, 0.15) is 36.2 Å². The molecule has 0 atom stereocenters. The molecule has 0 saturated heterocycles. The average molecular weight is 500 g/mol. The van der Waals surface area contributed by atoms with Crippen LogP contribution >= 0.6 is 0 Å². The summed E-state index contributed by atoms with van der Waals surface area (Å²) in [6.07, 6.45) is -0.0300. The number of H-pyrrole nitrogens is 1. The van der Waals surface area contributed by atoms with Gasteiger partial charge in [0.15, 0.2) is 0 Å². The number of methoxy groups -OCH3 is 1. The van der Waals surface area contributed by atoms with Crippen LogP contribution < -0.4 is 5.56 Å². The summed E-state index contributed by atoms with van der Waals surface area (Å²) in [6.45, 7) is 4.35. The maximum atomic E-state index is 13.7. The number of nitrogens with zero attached hydrogens (tertiary/aromatic N) is 2. The first-order chi connectivity index (χ1) is 16.7. The molecular formula is C25H29N3O6S. The summed E-state index contributed by atoms with van der Waals surface area (Å²) in [7, 11) is -2.51. The summed E-state index contributed by atoms with van der Waals surface area (Å²) in [6, 6.07) is 14.7. The summed E-state index contributed by atoms with van der Waals surface area (Å²) in [5.41, 5.74) is 0.741. The van der Waals surface area contributed by atoms with E-state index in [1.54, 1.807) is 13.8 Å². The second-order valence-corrected chi connectivity index (χ2v) is 9.82. The Kier molecular flexibility index (Phi) is 8.42. The van der Waals surface area contributed by atoms with E-state index in [9.17, 15) is 22.8 Å². The number of hydrogen-bond acceptors (Lipinski definition) is 6. The van der Waals surface area contributed by atoms with Crippen molar-refractivity contribution in [1.29, 1.82) is 0 Å². The molecular weight excluding hydrogens is 470 g/mol. The number of carbonyl (C=O) groups excluding carboxylic acids is 2. The second kappa shape index (κ2) is 11.3. The summed E-state index contributed by atoms with van der Waals surface area (Å²) < 4.78 is 32.2. The van der Waals surface area contributed by atoms with Crippen LogP contribution in [0.2, 0.25) is 0 Å². The van der Waals surface area contributed by atoms with E-state index in [4.69, 9.17) is 4.74 Å². The van der Waals surface area contributed by atoms with Gasteiger partial charge in [-0.25, -0.2) is 8.42 Å². The van der Waals surface area contributed by atoms with Gasteiger partial charge in [-0.2, -0.15) is 4.31 Å². The predicted octanol–water partition coefficient (Wildman–Crippen LogP) is 2.76. The molecule has 186 valence electrons. The molecule has 1 amide bonds. The van der Waals surface area contributed by atoms with Gasteiger partial charge in [-0.15, -0.1) is 0 Å². The molecule has 35 heavy (non-hydrogen) atoms. The first kappa shape index (κ1) is 26.1. The van der Waals surface area contributed by atoms with Gasteiger partial charge in [0.1, 0.15) is 0 Å². The van der Waals surface area contributed by atoms with E-state index in [0.29, 0.717) is 24.0 Å². The van der Waals surface area contributed by atoms with Gasteiger partial charge in [0.25, 0.3) is 5.91 Å². The third-order valence-corrected chi connectivity index (χ3v) is 7.75. The van der Waals surface area contributed by atoms with Gasteiger partial charge in [-0.3, -0.25) is 14.4 Å². The van der Waals surface area contributed by atoms with Gasteiger partial charge < -0.3 is 14.6 Å². The fourth-order valence-corrected chi connectivity index (χ4v) is 5.32. The number of hydrogen-bond donors (Lipinski definition) is 1. The highest BCUT2D eigenvalue weighted by molar-refractivity contribution is 7.89. The number of aromatic amines is 1. The fraction of sp³-hybridized carbons (Fsp3) is 0.320. The normalized spacial score (nSPS) is 11.5. The lowest BCUT2D eigenvalue weighted by molar-refractivity contribution is -0.140. The molecule has 0 saturated carbocycles. The number of aromatic nitrogens is 1. The molecule has 1 N–H and O–H groups in total. The Morgan fingerprint density at radius 3 is 2.31 bits per heavy atom. The minimum atomic E-state index is -3.78. The molecule has 3 rings (SSSR count). The minimum absolute atomic E-state index is 0.0268. The molecule has 1 heterocycles. The van der Waals surface area contributed by atoms with Crippen LogP contribution in [-0.4, -0.2) is 61.2 Å². The highest BCUT2D eigenvalue weighted by Gasteiger charge is 2.25. The Morgan fingerprint density at radius 2 is 1.69 bits per heavy atom. The zero-order valence-electron chi connectivity index (χ0n) is 20.0. The van der Waals surface area contributed by atoms with Crippen molar-refractivity contribution in [3.05, 3.63) is 76.1 Å². The Hall–Kier alpha value is -3.50. The minimum Gasteiger partial charge on any atom is -0.469 e. The number of benzene rings is 2. The number of nitrogens with one attached hydrogen (secondary N) is 1. The Balaban J connectivity index is 2.10. The monoisotopic (exact) mass is 499 g/mol. The van der Waals surface area contributed by atoms with E-state index in [-0.39, 0.29) is 30.0 Å². The maximum absolute atomic E-state index is 13.7. The molecule has 0 unspecified atom stereocenters.